The molecule has 6 N–H and O–H groups in total. The van der Waals surface area contributed by atoms with Crippen molar-refractivity contribution < 1.29 is 9.59 Å². The average molecular weight is 536 g/mol. The lowest BCUT2D eigenvalue weighted by Gasteiger charge is -2.24. The highest BCUT2D eigenvalue weighted by Gasteiger charge is 2.12. The van der Waals surface area contributed by atoms with Gasteiger partial charge >= 0.3 is 0 Å². The van der Waals surface area contributed by atoms with Crippen LogP contribution in [0.15, 0.2) is 91.0 Å². The lowest BCUT2D eigenvalue weighted by atomic mass is 10.2. The highest BCUT2D eigenvalue weighted by atomic mass is 32.1. The summed E-state index contributed by atoms with van der Waals surface area (Å²) in [6.07, 6.45) is 0.390. The largest absolute Gasteiger partial charge is 0.370 e. The zero-order valence-electron chi connectivity index (χ0n) is 20.1. The number of para-hydroxylation sites is 3. The minimum atomic E-state index is -0.235. The van der Waals surface area contributed by atoms with Crippen molar-refractivity contribution in [3.05, 3.63) is 91.0 Å². The fraction of sp³-hybridized carbons (Fsp3) is 0.154. The van der Waals surface area contributed by atoms with Crippen molar-refractivity contribution in [3.63, 3.8) is 0 Å². The van der Waals surface area contributed by atoms with Crippen LogP contribution in [0, 0.1) is 0 Å². The van der Waals surface area contributed by atoms with Gasteiger partial charge in [-0.05, 0) is 60.8 Å². The van der Waals surface area contributed by atoms with E-state index >= 15 is 0 Å². The van der Waals surface area contributed by atoms with Gasteiger partial charge in [-0.1, -0.05) is 54.6 Å². The summed E-state index contributed by atoms with van der Waals surface area (Å²) in [7, 11) is 0. The minimum absolute atomic E-state index is 0.195. The van der Waals surface area contributed by atoms with Crippen LogP contribution in [0.5, 0.6) is 0 Å². The number of amides is 2. The van der Waals surface area contributed by atoms with E-state index in [9.17, 15) is 9.59 Å². The van der Waals surface area contributed by atoms with Gasteiger partial charge in [-0.2, -0.15) is 0 Å². The van der Waals surface area contributed by atoms with Crippen LogP contribution >= 0.6 is 24.4 Å². The summed E-state index contributed by atoms with van der Waals surface area (Å²) in [6, 6.07) is 28.4. The van der Waals surface area contributed by atoms with Crippen molar-refractivity contribution >= 4 is 63.5 Å². The van der Waals surface area contributed by atoms with Crippen LogP contribution in [0.25, 0.3) is 0 Å². The molecule has 0 aliphatic carbocycles. The van der Waals surface area contributed by atoms with Crippen molar-refractivity contribution in [1.29, 1.82) is 0 Å². The molecule has 9 nitrogen and oxygen atoms in total. The molecular formula is C26H29N7O2S2. The summed E-state index contributed by atoms with van der Waals surface area (Å²) >= 11 is 10.4. The summed E-state index contributed by atoms with van der Waals surface area (Å²) in [5.41, 5.74) is 13.1. The lowest BCUT2D eigenvalue weighted by Crippen LogP contribution is -2.45. The van der Waals surface area contributed by atoms with E-state index in [1.807, 2.05) is 95.9 Å². The predicted octanol–water partition coefficient (Wildman–Crippen LogP) is 3.31. The SMILES string of the molecule is O=C(CCN(CCC(=O)NNC(=S)Nc1ccccc1)c1ccccc1)NNC(=S)Nc1ccccc1. The average Bonchev–Trinajstić information content (AvgIpc) is 2.92. The molecule has 37 heavy (non-hydrogen) atoms. The van der Waals surface area contributed by atoms with Gasteiger partial charge in [-0.3, -0.25) is 31.3 Å². The first-order chi connectivity index (χ1) is 18.0. The molecule has 0 radical (unpaired) electrons. The Morgan fingerprint density at radius 2 is 0.946 bits per heavy atom. The second-order valence-corrected chi connectivity index (χ2v) is 8.63. The second kappa shape index (κ2) is 15.0. The van der Waals surface area contributed by atoms with Crippen molar-refractivity contribution in [2.45, 2.75) is 12.8 Å². The summed E-state index contributed by atoms with van der Waals surface area (Å²) in [4.78, 5) is 26.8. The molecule has 0 heterocycles. The number of benzene rings is 3. The van der Waals surface area contributed by atoms with Gasteiger partial charge in [0.25, 0.3) is 0 Å². The van der Waals surface area contributed by atoms with Crippen LogP contribution in [0.4, 0.5) is 17.1 Å². The van der Waals surface area contributed by atoms with E-state index in [-0.39, 0.29) is 34.9 Å². The van der Waals surface area contributed by atoms with E-state index in [4.69, 9.17) is 24.4 Å². The Morgan fingerprint density at radius 1 is 0.568 bits per heavy atom. The summed E-state index contributed by atoms with van der Waals surface area (Å²) in [5, 5.41) is 6.53. The fourth-order valence-electron chi connectivity index (χ4n) is 3.23. The Balaban J connectivity index is 1.42. The molecule has 0 fully saturated rings. The van der Waals surface area contributed by atoms with E-state index in [1.54, 1.807) is 0 Å². The number of hydrazine groups is 2. The number of hydrogen-bond donors (Lipinski definition) is 6. The van der Waals surface area contributed by atoms with E-state index in [0.29, 0.717) is 13.1 Å². The first kappa shape index (κ1) is 27.4. The van der Waals surface area contributed by atoms with Crippen molar-refractivity contribution in [1.82, 2.24) is 21.7 Å². The van der Waals surface area contributed by atoms with Crippen molar-refractivity contribution in [2.75, 3.05) is 28.6 Å². The Kier molecular flexibility index (Phi) is 11.1. The number of rotatable bonds is 9. The molecule has 0 aromatic heterocycles. The normalized spacial score (nSPS) is 9.95. The van der Waals surface area contributed by atoms with E-state index in [0.717, 1.165) is 17.1 Å². The third-order valence-corrected chi connectivity index (χ3v) is 5.44. The zero-order valence-corrected chi connectivity index (χ0v) is 21.7. The van der Waals surface area contributed by atoms with Crippen molar-refractivity contribution in [3.8, 4) is 0 Å². The fourth-order valence-corrected chi connectivity index (χ4v) is 3.57. The van der Waals surface area contributed by atoms with E-state index in [2.05, 4.69) is 32.3 Å². The Labute approximate surface area is 227 Å². The third-order valence-electron chi connectivity index (χ3n) is 5.03. The second-order valence-electron chi connectivity index (χ2n) is 7.81. The Bertz CT molecular complexity index is 1090. The topological polar surface area (TPSA) is 110 Å². The molecule has 0 spiro atoms. The molecule has 3 rings (SSSR count). The number of nitrogens with zero attached hydrogens (tertiary/aromatic N) is 1. The molecule has 11 heteroatoms. The van der Waals surface area contributed by atoms with Crippen LogP contribution in [0.2, 0.25) is 0 Å². The van der Waals surface area contributed by atoms with Gasteiger partial charge in [-0.15, -0.1) is 0 Å². The molecule has 0 bridgehead atoms. The van der Waals surface area contributed by atoms with Crippen LogP contribution in [0.3, 0.4) is 0 Å². The monoisotopic (exact) mass is 535 g/mol. The van der Waals surface area contributed by atoms with Crippen LogP contribution in [-0.2, 0) is 9.59 Å². The maximum absolute atomic E-state index is 12.4. The van der Waals surface area contributed by atoms with Gasteiger partial charge in [0, 0.05) is 43.0 Å². The molecule has 0 saturated heterocycles. The molecular weight excluding hydrogens is 506 g/mol. The van der Waals surface area contributed by atoms with Crippen LogP contribution < -0.4 is 37.2 Å². The summed E-state index contributed by atoms with van der Waals surface area (Å²) in [5.74, 6) is -0.469. The van der Waals surface area contributed by atoms with Crippen LogP contribution in [-0.4, -0.2) is 35.1 Å². The number of carbonyl (C=O) groups excluding carboxylic acids is 2. The Hall–Kier alpha value is -4.22. The lowest BCUT2D eigenvalue weighted by molar-refractivity contribution is -0.121. The molecule has 0 aliphatic heterocycles. The van der Waals surface area contributed by atoms with Crippen molar-refractivity contribution in [2.24, 2.45) is 0 Å². The van der Waals surface area contributed by atoms with Crippen LogP contribution in [0.1, 0.15) is 12.8 Å². The van der Waals surface area contributed by atoms with Gasteiger partial charge in [0.15, 0.2) is 10.2 Å². The summed E-state index contributed by atoms with van der Waals surface area (Å²) in [6.45, 7) is 0.816. The maximum Gasteiger partial charge on any atom is 0.240 e. The predicted molar refractivity (Wildman–Crippen MR) is 156 cm³/mol. The zero-order chi connectivity index (χ0) is 26.3. The highest BCUT2D eigenvalue weighted by molar-refractivity contribution is 7.80. The number of thiocarbonyl (C=S) groups is 2. The van der Waals surface area contributed by atoms with E-state index in [1.165, 1.54) is 0 Å². The van der Waals surface area contributed by atoms with E-state index < -0.39 is 0 Å². The molecule has 0 atom stereocenters. The standard InChI is InChI=1S/C26H29N7O2S2/c34-23(29-31-25(36)27-20-10-4-1-5-11-20)16-18-33(22-14-8-3-9-15-22)19-17-24(35)30-32-26(37)28-21-12-6-2-7-13-21/h1-15H,16-19H2,(H,29,34)(H,30,35)(H2,27,31,36)(H2,28,32,37). The third kappa shape index (κ3) is 10.5. The number of carbonyl (C=O) groups is 2. The Morgan fingerprint density at radius 3 is 1.35 bits per heavy atom. The quantitative estimate of drug-likeness (QED) is 0.182. The van der Waals surface area contributed by atoms with Gasteiger partial charge in [0.05, 0.1) is 0 Å². The molecule has 0 saturated carbocycles. The number of anilines is 3. The van der Waals surface area contributed by atoms with Gasteiger partial charge in [0.1, 0.15) is 0 Å². The highest BCUT2D eigenvalue weighted by Crippen LogP contribution is 2.14. The summed E-state index contributed by atoms with van der Waals surface area (Å²) < 4.78 is 0. The molecule has 192 valence electrons. The van der Waals surface area contributed by atoms with Gasteiger partial charge in [-0.25, -0.2) is 0 Å². The minimum Gasteiger partial charge on any atom is -0.370 e. The molecule has 3 aromatic rings. The molecule has 0 unspecified atom stereocenters. The first-order valence-electron chi connectivity index (χ1n) is 11.6. The van der Waals surface area contributed by atoms with Gasteiger partial charge in [0.2, 0.25) is 11.8 Å². The first-order valence-corrected chi connectivity index (χ1v) is 12.4. The van der Waals surface area contributed by atoms with Gasteiger partial charge < -0.3 is 15.5 Å². The smallest absolute Gasteiger partial charge is 0.240 e. The number of hydrogen-bond acceptors (Lipinski definition) is 5. The maximum atomic E-state index is 12.4. The number of nitrogens with one attached hydrogen (secondary N) is 6. The molecule has 0 aliphatic rings. The molecule has 2 amide bonds. The molecule has 3 aromatic carbocycles.